The first-order valence-electron chi connectivity index (χ1n) is 6.14. The summed E-state index contributed by atoms with van der Waals surface area (Å²) in [6.45, 7) is 2.18. The Morgan fingerprint density at radius 3 is 2.50 bits per heavy atom. The van der Waals surface area contributed by atoms with Crippen LogP contribution in [0, 0.1) is 0 Å². The summed E-state index contributed by atoms with van der Waals surface area (Å²) >= 11 is 4.49. The standard InChI is InChI=1S/C14H22OS/c1-2-3-5-10-13(15)14(16)11-12-8-6-4-7-9-12/h4,6-9,13-16H,2-3,5,10-11H2,1H3. The molecule has 16 heavy (non-hydrogen) atoms. The second-order valence-corrected chi connectivity index (χ2v) is 4.98. The van der Waals surface area contributed by atoms with Gasteiger partial charge in [0.05, 0.1) is 6.10 Å². The zero-order valence-electron chi connectivity index (χ0n) is 9.97. The van der Waals surface area contributed by atoms with E-state index in [1.807, 2.05) is 18.2 Å². The molecule has 1 aromatic rings. The lowest BCUT2D eigenvalue weighted by molar-refractivity contribution is 0.158. The number of rotatable bonds is 7. The Bertz CT molecular complexity index is 273. The van der Waals surface area contributed by atoms with Crippen LogP contribution in [0.15, 0.2) is 30.3 Å². The topological polar surface area (TPSA) is 20.2 Å². The molecule has 0 bridgehead atoms. The Labute approximate surface area is 104 Å². The predicted octanol–water partition coefficient (Wildman–Crippen LogP) is 3.47. The molecule has 0 spiro atoms. The Kier molecular flexibility index (Phi) is 6.58. The maximum atomic E-state index is 9.93. The van der Waals surface area contributed by atoms with Gasteiger partial charge in [-0.1, -0.05) is 56.5 Å². The molecule has 0 amide bonds. The van der Waals surface area contributed by atoms with E-state index in [9.17, 15) is 5.11 Å². The number of hydrogen-bond donors (Lipinski definition) is 2. The van der Waals surface area contributed by atoms with E-state index in [-0.39, 0.29) is 11.4 Å². The highest BCUT2D eigenvalue weighted by Crippen LogP contribution is 2.15. The van der Waals surface area contributed by atoms with Gasteiger partial charge in [-0.15, -0.1) is 0 Å². The van der Waals surface area contributed by atoms with Crippen molar-refractivity contribution in [1.29, 1.82) is 0 Å². The van der Waals surface area contributed by atoms with Gasteiger partial charge in [0.2, 0.25) is 0 Å². The van der Waals surface area contributed by atoms with Gasteiger partial charge in [-0.3, -0.25) is 0 Å². The van der Waals surface area contributed by atoms with E-state index in [4.69, 9.17) is 0 Å². The molecule has 0 saturated heterocycles. The minimum atomic E-state index is -0.282. The lowest BCUT2D eigenvalue weighted by Crippen LogP contribution is -2.23. The van der Waals surface area contributed by atoms with Crippen molar-refractivity contribution in [2.45, 2.75) is 50.4 Å². The molecule has 0 aromatic heterocycles. The lowest BCUT2D eigenvalue weighted by Gasteiger charge is -2.17. The molecule has 2 unspecified atom stereocenters. The largest absolute Gasteiger partial charge is 0.392 e. The van der Waals surface area contributed by atoms with E-state index in [0.29, 0.717) is 0 Å². The van der Waals surface area contributed by atoms with E-state index < -0.39 is 0 Å². The van der Waals surface area contributed by atoms with E-state index in [2.05, 4.69) is 31.7 Å². The Morgan fingerprint density at radius 1 is 1.19 bits per heavy atom. The highest BCUT2D eigenvalue weighted by molar-refractivity contribution is 7.81. The van der Waals surface area contributed by atoms with Gasteiger partial charge in [-0.25, -0.2) is 0 Å². The van der Waals surface area contributed by atoms with Gasteiger partial charge in [0.15, 0.2) is 0 Å². The van der Waals surface area contributed by atoms with Crippen LogP contribution >= 0.6 is 12.6 Å². The number of thiol groups is 1. The van der Waals surface area contributed by atoms with E-state index in [1.165, 1.54) is 18.4 Å². The molecular formula is C14H22OS. The molecule has 0 saturated carbocycles. The van der Waals surface area contributed by atoms with Gasteiger partial charge in [0.25, 0.3) is 0 Å². The third kappa shape index (κ3) is 5.04. The van der Waals surface area contributed by atoms with Crippen LogP contribution in [0.25, 0.3) is 0 Å². The minimum Gasteiger partial charge on any atom is -0.392 e. The van der Waals surface area contributed by atoms with Crippen LogP contribution < -0.4 is 0 Å². The molecule has 1 rings (SSSR count). The van der Waals surface area contributed by atoms with Crippen LogP contribution in [-0.4, -0.2) is 16.5 Å². The molecule has 0 heterocycles. The molecule has 0 aliphatic carbocycles. The first-order chi connectivity index (χ1) is 7.74. The van der Waals surface area contributed by atoms with Gasteiger partial charge in [0, 0.05) is 5.25 Å². The second-order valence-electron chi connectivity index (χ2n) is 4.32. The normalized spacial score (nSPS) is 14.7. The average molecular weight is 238 g/mol. The molecule has 0 fully saturated rings. The van der Waals surface area contributed by atoms with Crippen LogP contribution in [0.5, 0.6) is 0 Å². The molecule has 1 aromatic carbocycles. The third-order valence-corrected chi connectivity index (χ3v) is 3.36. The highest BCUT2D eigenvalue weighted by Gasteiger charge is 2.14. The summed E-state index contributed by atoms with van der Waals surface area (Å²) in [6.07, 6.45) is 4.93. The molecule has 2 atom stereocenters. The first kappa shape index (κ1) is 13.6. The second kappa shape index (κ2) is 7.75. The molecule has 0 radical (unpaired) electrons. The molecule has 90 valence electrons. The monoisotopic (exact) mass is 238 g/mol. The van der Waals surface area contributed by atoms with Crippen molar-refractivity contribution in [3.8, 4) is 0 Å². The summed E-state index contributed by atoms with van der Waals surface area (Å²) < 4.78 is 0. The molecular weight excluding hydrogens is 216 g/mol. The Hall–Kier alpha value is -0.470. The molecule has 1 nitrogen and oxygen atoms in total. The number of unbranched alkanes of at least 4 members (excludes halogenated alkanes) is 2. The first-order valence-corrected chi connectivity index (χ1v) is 6.65. The van der Waals surface area contributed by atoms with E-state index in [0.717, 1.165) is 19.3 Å². The van der Waals surface area contributed by atoms with Crippen molar-refractivity contribution in [1.82, 2.24) is 0 Å². The zero-order chi connectivity index (χ0) is 11.8. The zero-order valence-corrected chi connectivity index (χ0v) is 10.9. The number of aliphatic hydroxyl groups excluding tert-OH is 1. The van der Waals surface area contributed by atoms with Crippen molar-refractivity contribution in [3.63, 3.8) is 0 Å². The van der Waals surface area contributed by atoms with E-state index >= 15 is 0 Å². The van der Waals surface area contributed by atoms with Gasteiger partial charge in [-0.2, -0.15) is 12.6 Å². The summed E-state index contributed by atoms with van der Waals surface area (Å²) in [6, 6.07) is 10.2. The van der Waals surface area contributed by atoms with Crippen LogP contribution in [0.1, 0.15) is 38.2 Å². The Balaban J connectivity index is 2.31. The SMILES string of the molecule is CCCCCC(O)C(S)Cc1ccccc1. The summed E-state index contributed by atoms with van der Waals surface area (Å²) in [5.74, 6) is 0. The summed E-state index contributed by atoms with van der Waals surface area (Å²) in [4.78, 5) is 0. The lowest BCUT2D eigenvalue weighted by atomic mass is 10.0. The third-order valence-electron chi connectivity index (χ3n) is 2.84. The quantitative estimate of drug-likeness (QED) is 0.550. The van der Waals surface area contributed by atoms with Crippen molar-refractivity contribution >= 4 is 12.6 Å². The number of hydrogen-bond acceptors (Lipinski definition) is 2. The van der Waals surface area contributed by atoms with Crippen molar-refractivity contribution in [3.05, 3.63) is 35.9 Å². The van der Waals surface area contributed by atoms with Crippen LogP contribution in [0.3, 0.4) is 0 Å². The summed E-state index contributed by atoms with van der Waals surface area (Å²) in [5, 5.41) is 9.98. The fourth-order valence-electron chi connectivity index (χ4n) is 1.79. The number of aliphatic hydroxyl groups is 1. The summed E-state index contributed by atoms with van der Waals surface area (Å²) in [7, 11) is 0. The van der Waals surface area contributed by atoms with Gasteiger partial charge < -0.3 is 5.11 Å². The van der Waals surface area contributed by atoms with Crippen molar-refractivity contribution in [2.75, 3.05) is 0 Å². The van der Waals surface area contributed by atoms with Crippen molar-refractivity contribution < 1.29 is 5.11 Å². The predicted molar refractivity (Wildman–Crippen MR) is 73.1 cm³/mol. The summed E-state index contributed by atoms with van der Waals surface area (Å²) in [5.41, 5.74) is 1.25. The van der Waals surface area contributed by atoms with E-state index in [1.54, 1.807) is 0 Å². The van der Waals surface area contributed by atoms with Crippen LogP contribution in [-0.2, 0) is 6.42 Å². The molecule has 1 N–H and O–H groups in total. The van der Waals surface area contributed by atoms with Crippen LogP contribution in [0.2, 0.25) is 0 Å². The van der Waals surface area contributed by atoms with Crippen molar-refractivity contribution in [2.24, 2.45) is 0 Å². The molecule has 0 aliphatic heterocycles. The fourth-order valence-corrected chi connectivity index (χ4v) is 2.15. The fraction of sp³-hybridized carbons (Fsp3) is 0.571. The maximum Gasteiger partial charge on any atom is 0.0659 e. The van der Waals surface area contributed by atoms with Crippen LogP contribution in [0.4, 0.5) is 0 Å². The highest BCUT2D eigenvalue weighted by atomic mass is 32.1. The Morgan fingerprint density at radius 2 is 1.88 bits per heavy atom. The maximum absolute atomic E-state index is 9.93. The van der Waals surface area contributed by atoms with Gasteiger partial charge in [0.1, 0.15) is 0 Å². The number of benzene rings is 1. The minimum absolute atomic E-state index is 0.0549. The van der Waals surface area contributed by atoms with Gasteiger partial charge >= 0.3 is 0 Å². The van der Waals surface area contributed by atoms with Gasteiger partial charge in [-0.05, 0) is 18.4 Å². The molecule has 2 heteroatoms. The molecule has 0 aliphatic rings. The smallest absolute Gasteiger partial charge is 0.0659 e. The average Bonchev–Trinajstić information content (AvgIpc) is 2.30.